The van der Waals surface area contributed by atoms with Gasteiger partial charge in [-0.2, -0.15) is 0 Å². The highest BCUT2D eigenvalue weighted by Gasteiger charge is 2.38. The summed E-state index contributed by atoms with van der Waals surface area (Å²) < 4.78 is 1.08. The van der Waals surface area contributed by atoms with Gasteiger partial charge < -0.3 is 10.2 Å². The van der Waals surface area contributed by atoms with Crippen LogP contribution in [0.5, 0.6) is 0 Å². The molecule has 1 aliphatic heterocycles. The Bertz CT molecular complexity index is 486. The average Bonchev–Trinajstić information content (AvgIpc) is 2.49. The zero-order valence-corrected chi connectivity index (χ0v) is 15.8. The van der Waals surface area contributed by atoms with Gasteiger partial charge in [0.25, 0.3) is 0 Å². The first-order valence-corrected chi connectivity index (χ1v) is 9.06. The van der Waals surface area contributed by atoms with E-state index in [1.54, 1.807) is 0 Å². The number of nitrogens with zero attached hydrogens (tertiary/aromatic N) is 1. The molecule has 1 heterocycles. The molecule has 1 aromatic rings. The fraction of sp³-hybridized carbons (Fsp3) is 0.647. The predicted molar refractivity (Wildman–Crippen MR) is 96.4 cm³/mol. The third kappa shape index (κ3) is 3.57. The maximum absolute atomic E-state index is 6.50. The molecule has 0 spiro atoms. The summed E-state index contributed by atoms with van der Waals surface area (Å²) in [5.41, 5.74) is 1.34. The molecule has 2 rings (SSSR count). The normalized spacial score (nSPS) is 21.9. The van der Waals surface area contributed by atoms with Crippen molar-refractivity contribution in [1.29, 1.82) is 0 Å². The molecular weight excluding hydrogens is 348 g/mol. The van der Waals surface area contributed by atoms with Crippen LogP contribution in [-0.2, 0) is 0 Å². The van der Waals surface area contributed by atoms with Gasteiger partial charge in [0.1, 0.15) is 0 Å². The Morgan fingerprint density at radius 1 is 1.38 bits per heavy atom. The summed E-state index contributed by atoms with van der Waals surface area (Å²) in [5.74, 6) is 0.583. The maximum atomic E-state index is 6.50. The Labute approximate surface area is 142 Å². The van der Waals surface area contributed by atoms with E-state index in [4.69, 9.17) is 11.6 Å². The summed E-state index contributed by atoms with van der Waals surface area (Å²) in [6.45, 7) is 11.1. The number of nitrogens with one attached hydrogen (secondary N) is 1. The van der Waals surface area contributed by atoms with E-state index in [0.717, 1.165) is 41.1 Å². The van der Waals surface area contributed by atoms with Crippen LogP contribution in [0.25, 0.3) is 0 Å². The largest absolute Gasteiger partial charge is 0.364 e. The Morgan fingerprint density at radius 3 is 2.62 bits per heavy atom. The summed E-state index contributed by atoms with van der Waals surface area (Å²) in [5, 5.41) is 4.64. The van der Waals surface area contributed by atoms with Crippen molar-refractivity contribution in [3.05, 3.63) is 27.7 Å². The van der Waals surface area contributed by atoms with Crippen molar-refractivity contribution < 1.29 is 0 Å². The number of piperazine rings is 1. The molecule has 1 N–H and O–H groups in total. The minimum absolute atomic E-state index is 0.192. The average molecular weight is 374 g/mol. The topological polar surface area (TPSA) is 15.3 Å². The second-order valence-corrected chi connectivity index (χ2v) is 7.73. The van der Waals surface area contributed by atoms with Crippen molar-refractivity contribution in [3.63, 3.8) is 0 Å². The molecule has 0 amide bonds. The molecule has 0 radical (unpaired) electrons. The van der Waals surface area contributed by atoms with Gasteiger partial charge in [0.2, 0.25) is 0 Å². The van der Waals surface area contributed by atoms with Crippen molar-refractivity contribution in [2.75, 3.05) is 18.0 Å². The number of hydrogen-bond donors (Lipinski definition) is 1. The van der Waals surface area contributed by atoms with Crippen LogP contribution in [0.1, 0.15) is 40.5 Å². The van der Waals surface area contributed by atoms with E-state index in [1.807, 2.05) is 12.1 Å². The van der Waals surface area contributed by atoms with Gasteiger partial charge in [-0.25, -0.2) is 0 Å². The van der Waals surface area contributed by atoms with Crippen molar-refractivity contribution in [3.8, 4) is 0 Å². The molecule has 0 aromatic heterocycles. The lowest BCUT2D eigenvalue weighted by atomic mass is 9.86. The highest BCUT2D eigenvalue weighted by Crippen LogP contribution is 2.36. The van der Waals surface area contributed by atoms with Gasteiger partial charge in [-0.15, -0.1) is 0 Å². The zero-order chi connectivity index (χ0) is 15.6. The van der Waals surface area contributed by atoms with Gasteiger partial charge in [-0.3, -0.25) is 0 Å². The Morgan fingerprint density at radius 2 is 2.05 bits per heavy atom. The van der Waals surface area contributed by atoms with Gasteiger partial charge in [0, 0.05) is 29.1 Å². The van der Waals surface area contributed by atoms with Crippen molar-refractivity contribution in [2.24, 2.45) is 5.92 Å². The quantitative estimate of drug-likeness (QED) is 0.790. The van der Waals surface area contributed by atoms with Crippen LogP contribution >= 0.6 is 27.5 Å². The van der Waals surface area contributed by atoms with E-state index in [-0.39, 0.29) is 5.54 Å². The second-order valence-electron chi connectivity index (χ2n) is 6.40. The van der Waals surface area contributed by atoms with Crippen LogP contribution in [0.15, 0.2) is 22.7 Å². The van der Waals surface area contributed by atoms with Gasteiger partial charge in [-0.1, -0.05) is 55.2 Å². The highest BCUT2D eigenvalue weighted by atomic mass is 79.9. The molecule has 118 valence electrons. The molecule has 1 saturated heterocycles. The first-order valence-electron chi connectivity index (χ1n) is 7.89. The van der Waals surface area contributed by atoms with E-state index in [2.05, 4.69) is 59.9 Å². The molecule has 2 nitrogen and oxygen atoms in total. The summed E-state index contributed by atoms with van der Waals surface area (Å²) in [7, 11) is 0. The lowest BCUT2D eigenvalue weighted by molar-refractivity contribution is 0.227. The lowest BCUT2D eigenvalue weighted by Gasteiger charge is -2.50. The smallest absolute Gasteiger partial charge is 0.0640 e. The minimum atomic E-state index is 0.192. The van der Waals surface area contributed by atoms with E-state index in [0.29, 0.717) is 12.0 Å². The number of hydrogen-bond acceptors (Lipinski definition) is 2. The maximum Gasteiger partial charge on any atom is 0.0640 e. The van der Waals surface area contributed by atoms with E-state index >= 15 is 0 Å². The molecule has 0 saturated carbocycles. The van der Waals surface area contributed by atoms with Crippen LogP contribution in [0.4, 0.5) is 5.69 Å². The lowest BCUT2D eigenvalue weighted by Crippen LogP contribution is -2.65. The number of anilines is 1. The highest BCUT2D eigenvalue weighted by molar-refractivity contribution is 9.10. The molecule has 1 fully saturated rings. The van der Waals surface area contributed by atoms with E-state index in [1.165, 1.54) is 0 Å². The molecule has 0 aliphatic carbocycles. The van der Waals surface area contributed by atoms with Gasteiger partial charge in [0.15, 0.2) is 0 Å². The fourth-order valence-corrected chi connectivity index (χ4v) is 3.79. The first-order chi connectivity index (χ1) is 9.92. The predicted octanol–water partition coefficient (Wildman–Crippen LogP) is 5.10. The minimum Gasteiger partial charge on any atom is -0.364 e. The fourth-order valence-electron chi connectivity index (χ4n) is 3.22. The van der Waals surface area contributed by atoms with Crippen LogP contribution in [-0.4, -0.2) is 24.7 Å². The van der Waals surface area contributed by atoms with Crippen molar-refractivity contribution >= 4 is 33.2 Å². The monoisotopic (exact) mass is 372 g/mol. The van der Waals surface area contributed by atoms with E-state index < -0.39 is 0 Å². The van der Waals surface area contributed by atoms with Crippen LogP contribution < -0.4 is 10.2 Å². The molecule has 1 aromatic carbocycles. The SMILES string of the molecule is CCC1(CC)CN(c2cc(Br)ccc2Cl)C(C(C)C)CN1. The second kappa shape index (κ2) is 6.89. The molecule has 1 atom stereocenters. The molecule has 4 heteroatoms. The summed E-state index contributed by atoms with van der Waals surface area (Å²) in [4.78, 5) is 2.52. The van der Waals surface area contributed by atoms with Gasteiger partial charge in [0.05, 0.1) is 10.7 Å². The van der Waals surface area contributed by atoms with Gasteiger partial charge in [-0.05, 0) is 37.0 Å². The summed E-state index contributed by atoms with van der Waals surface area (Å²) >= 11 is 10.1. The van der Waals surface area contributed by atoms with E-state index in [9.17, 15) is 0 Å². The van der Waals surface area contributed by atoms with Crippen LogP contribution in [0.3, 0.4) is 0 Å². The molecule has 0 bridgehead atoms. The van der Waals surface area contributed by atoms with Gasteiger partial charge >= 0.3 is 0 Å². The van der Waals surface area contributed by atoms with Crippen molar-refractivity contribution in [2.45, 2.75) is 52.1 Å². The Kier molecular flexibility index (Phi) is 5.61. The number of benzene rings is 1. The standard InChI is InChI=1S/C17H26BrClN2/c1-5-17(6-2)11-21(16(10-20-17)12(3)4)15-9-13(18)7-8-14(15)19/h7-9,12,16,20H,5-6,10-11H2,1-4H3. The molecule has 1 unspecified atom stereocenters. The first kappa shape index (κ1) is 17.1. The molecule has 1 aliphatic rings. The third-order valence-electron chi connectivity index (χ3n) is 4.90. The zero-order valence-electron chi connectivity index (χ0n) is 13.4. The Hall–Kier alpha value is -0.250. The number of halogens is 2. The van der Waals surface area contributed by atoms with Crippen molar-refractivity contribution in [1.82, 2.24) is 5.32 Å². The summed E-state index contributed by atoms with van der Waals surface area (Å²) in [6.07, 6.45) is 2.27. The Balaban J connectivity index is 2.40. The number of rotatable bonds is 4. The molecule has 21 heavy (non-hydrogen) atoms. The summed E-state index contributed by atoms with van der Waals surface area (Å²) in [6, 6.07) is 6.62. The third-order valence-corrected chi connectivity index (χ3v) is 5.71. The van der Waals surface area contributed by atoms with Crippen LogP contribution in [0, 0.1) is 5.92 Å². The molecular formula is C17H26BrClN2. The van der Waals surface area contributed by atoms with Crippen LogP contribution in [0.2, 0.25) is 5.02 Å².